The summed E-state index contributed by atoms with van der Waals surface area (Å²) in [4.78, 5) is 28.4. The van der Waals surface area contributed by atoms with E-state index in [0.29, 0.717) is 46.9 Å². The number of carbonyl (C=O) groups is 1. The molecule has 8 heteroatoms. The normalized spacial score (nSPS) is 15.9. The third-order valence-electron chi connectivity index (χ3n) is 6.10. The van der Waals surface area contributed by atoms with Gasteiger partial charge in [0.25, 0.3) is 11.5 Å². The van der Waals surface area contributed by atoms with Crippen LogP contribution in [-0.2, 0) is 10.2 Å². The quantitative estimate of drug-likeness (QED) is 0.513. The van der Waals surface area contributed by atoms with E-state index in [2.05, 4.69) is 15.4 Å². The lowest BCUT2D eigenvalue weighted by Gasteiger charge is -2.38. The van der Waals surface area contributed by atoms with Gasteiger partial charge in [-0.15, -0.1) is 0 Å². The number of para-hydroxylation sites is 1. The van der Waals surface area contributed by atoms with Crippen molar-refractivity contribution in [3.8, 4) is 0 Å². The molecule has 158 valence electrons. The van der Waals surface area contributed by atoms with E-state index in [0.717, 1.165) is 18.4 Å². The lowest BCUT2D eigenvalue weighted by Crippen LogP contribution is -2.44. The first-order valence-electron chi connectivity index (χ1n) is 10.2. The summed E-state index contributed by atoms with van der Waals surface area (Å²) in [6, 6.07) is 14.9. The van der Waals surface area contributed by atoms with Gasteiger partial charge in [-0.05, 0) is 42.7 Å². The number of ether oxygens (including phenoxy) is 1. The number of nitrogens with one attached hydrogen (secondary N) is 2. The summed E-state index contributed by atoms with van der Waals surface area (Å²) in [5.41, 5.74) is 1.93. The number of hydrogen-bond donors (Lipinski definition) is 2. The SMILES string of the molecule is O=C(NCC1(c2cccc(Cl)c2)CCOCC1)c1cnn2c1[nH]c(=O)c1ccccc12. The van der Waals surface area contributed by atoms with Crippen LogP contribution in [-0.4, -0.2) is 40.3 Å². The fraction of sp³-hybridized carbons (Fsp3) is 0.261. The molecule has 1 saturated heterocycles. The lowest BCUT2D eigenvalue weighted by molar-refractivity contribution is 0.0487. The highest BCUT2D eigenvalue weighted by Crippen LogP contribution is 2.35. The minimum Gasteiger partial charge on any atom is -0.381 e. The van der Waals surface area contributed by atoms with Gasteiger partial charge in [-0.25, -0.2) is 4.52 Å². The molecule has 1 amide bonds. The van der Waals surface area contributed by atoms with E-state index < -0.39 is 0 Å². The van der Waals surface area contributed by atoms with Gasteiger partial charge < -0.3 is 15.0 Å². The zero-order valence-electron chi connectivity index (χ0n) is 16.7. The second kappa shape index (κ2) is 7.83. The summed E-state index contributed by atoms with van der Waals surface area (Å²) in [7, 11) is 0. The van der Waals surface area contributed by atoms with Crippen LogP contribution in [0.15, 0.2) is 59.5 Å². The Bertz CT molecular complexity index is 1340. The average molecular weight is 437 g/mol. The summed E-state index contributed by atoms with van der Waals surface area (Å²) < 4.78 is 7.16. The summed E-state index contributed by atoms with van der Waals surface area (Å²) in [6.45, 7) is 1.68. The van der Waals surface area contributed by atoms with Gasteiger partial charge in [0.05, 0.1) is 17.1 Å². The highest BCUT2D eigenvalue weighted by atomic mass is 35.5. The molecule has 0 saturated carbocycles. The fourth-order valence-electron chi connectivity index (χ4n) is 4.34. The minimum atomic E-state index is -0.283. The maximum Gasteiger partial charge on any atom is 0.259 e. The van der Waals surface area contributed by atoms with E-state index in [1.54, 1.807) is 16.6 Å². The van der Waals surface area contributed by atoms with E-state index in [4.69, 9.17) is 16.3 Å². The van der Waals surface area contributed by atoms with E-state index in [1.807, 2.05) is 36.4 Å². The van der Waals surface area contributed by atoms with Crippen LogP contribution in [0.5, 0.6) is 0 Å². The molecule has 31 heavy (non-hydrogen) atoms. The molecule has 1 aliphatic rings. The van der Waals surface area contributed by atoms with Crippen molar-refractivity contribution in [2.45, 2.75) is 18.3 Å². The van der Waals surface area contributed by atoms with E-state index >= 15 is 0 Å². The van der Waals surface area contributed by atoms with E-state index in [1.165, 1.54) is 6.20 Å². The summed E-state index contributed by atoms with van der Waals surface area (Å²) in [5, 5.41) is 8.59. The van der Waals surface area contributed by atoms with Crippen molar-refractivity contribution < 1.29 is 9.53 Å². The Morgan fingerprint density at radius 3 is 2.81 bits per heavy atom. The van der Waals surface area contributed by atoms with Crippen LogP contribution in [0.1, 0.15) is 28.8 Å². The van der Waals surface area contributed by atoms with Crippen molar-refractivity contribution in [2.75, 3.05) is 19.8 Å². The van der Waals surface area contributed by atoms with Crippen LogP contribution in [0, 0.1) is 0 Å². The number of nitrogens with zero attached hydrogens (tertiary/aromatic N) is 2. The summed E-state index contributed by atoms with van der Waals surface area (Å²) >= 11 is 6.23. The Labute approximate surface area is 183 Å². The van der Waals surface area contributed by atoms with Crippen molar-refractivity contribution in [3.63, 3.8) is 0 Å². The first-order chi connectivity index (χ1) is 15.1. The zero-order chi connectivity index (χ0) is 21.4. The topological polar surface area (TPSA) is 88.5 Å². The predicted octanol–water partition coefficient (Wildman–Crippen LogP) is 3.31. The molecule has 0 spiro atoms. The number of aromatic nitrogens is 3. The second-order valence-electron chi connectivity index (χ2n) is 7.88. The van der Waals surface area contributed by atoms with Crippen molar-refractivity contribution in [3.05, 3.63) is 81.2 Å². The van der Waals surface area contributed by atoms with Gasteiger partial charge in [0, 0.05) is 30.2 Å². The Morgan fingerprint density at radius 1 is 1.19 bits per heavy atom. The number of benzene rings is 2. The zero-order valence-corrected chi connectivity index (χ0v) is 17.5. The molecule has 2 N–H and O–H groups in total. The number of carbonyl (C=O) groups excluding carboxylic acids is 1. The van der Waals surface area contributed by atoms with Gasteiger partial charge in [-0.1, -0.05) is 35.9 Å². The molecule has 0 aliphatic carbocycles. The monoisotopic (exact) mass is 436 g/mol. The van der Waals surface area contributed by atoms with Gasteiger partial charge >= 0.3 is 0 Å². The molecule has 1 fully saturated rings. The molecular formula is C23H21ClN4O3. The minimum absolute atomic E-state index is 0.252. The van der Waals surface area contributed by atoms with Crippen LogP contribution in [0.4, 0.5) is 0 Å². The number of H-pyrrole nitrogens is 1. The van der Waals surface area contributed by atoms with Crippen LogP contribution in [0.2, 0.25) is 5.02 Å². The van der Waals surface area contributed by atoms with Crippen LogP contribution in [0.3, 0.4) is 0 Å². The van der Waals surface area contributed by atoms with Gasteiger partial charge in [0.1, 0.15) is 11.2 Å². The van der Waals surface area contributed by atoms with Crippen molar-refractivity contribution in [1.29, 1.82) is 0 Å². The largest absolute Gasteiger partial charge is 0.381 e. The predicted molar refractivity (Wildman–Crippen MR) is 119 cm³/mol. The molecule has 0 unspecified atom stereocenters. The van der Waals surface area contributed by atoms with Gasteiger partial charge in [-0.3, -0.25) is 9.59 Å². The standard InChI is InChI=1S/C23H21ClN4O3/c24-16-5-3-4-15(12-16)23(8-10-31-11-9-23)14-25-21(29)18-13-26-28-19-7-2-1-6-17(19)22(30)27-20(18)28/h1-7,12-13H,8-11,14H2,(H,25,29)(H,27,30). The van der Waals surface area contributed by atoms with Crippen LogP contribution in [0.25, 0.3) is 16.6 Å². The van der Waals surface area contributed by atoms with Crippen molar-refractivity contribution in [2.24, 2.45) is 0 Å². The van der Waals surface area contributed by atoms with E-state index in [9.17, 15) is 9.59 Å². The molecule has 0 bridgehead atoms. The lowest BCUT2D eigenvalue weighted by atomic mass is 9.74. The van der Waals surface area contributed by atoms with Gasteiger partial charge in [-0.2, -0.15) is 5.10 Å². The molecule has 4 aromatic rings. The van der Waals surface area contributed by atoms with Crippen LogP contribution >= 0.6 is 11.6 Å². The Balaban J connectivity index is 1.47. The molecule has 2 aromatic carbocycles. The molecule has 5 rings (SSSR count). The summed E-state index contributed by atoms with van der Waals surface area (Å²) in [5.74, 6) is -0.283. The van der Waals surface area contributed by atoms with Crippen molar-refractivity contribution >= 4 is 34.1 Å². The number of amides is 1. The molecule has 7 nitrogen and oxygen atoms in total. The van der Waals surface area contributed by atoms with E-state index in [-0.39, 0.29) is 16.9 Å². The second-order valence-corrected chi connectivity index (χ2v) is 8.31. The van der Waals surface area contributed by atoms with Crippen LogP contribution < -0.4 is 10.9 Å². The highest BCUT2D eigenvalue weighted by molar-refractivity contribution is 6.30. The first-order valence-corrected chi connectivity index (χ1v) is 10.6. The number of hydrogen-bond acceptors (Lipinski definition) is 4. The maximum atomic E-state index is 13.1. The number of halogens is 1. The third kappa shape index (κ3) is 3.49. The molecule has 3 heterocycles. The Kier molecular flexibility index (Phi) is 5.00. The third-order valence-corrected chi connectivity index (χ3v) is 6.33. The molecule has 2 aromatic heterocycles. The maximum absolute atomic E-state index is 13.1. The fourth-order valence-corrected chi connectivity index (χ4v) is 4.53. The Morgan fingerprint density at radius 2 is 2.00 bits per heavy atom. The first kappa shape index (κ1) is 19.8. The highest BCUT2D eigenvalue weighted by Gasteiger charge is 2.35. The molecule has 1 aliphatic heterocycles. The molecule has 0 atom stereocenters. The van der Waals surface area contributed by atoms with Crippen molar-refractivity contribution in [1.82, 2.24) is 19.9 Å². The summed E-state index contributed by atoms with van der Waals surface area (Å²) in [6.07, 6.45) is 3.05. The number of fused-ring (bicyclic) bond motifs is 3. The number of rotatable bonds is 4. The van der Waals surface area contributed by atoms with Gasteiger partial charge in [0.2, 0.25) is 0 Å². The van der Waals surface area contributed by atoms with Gasteiger partial charge in [0.15, 0.2) is 0 Å². The Hall–Kier alpha value is -3.16. The average Bonchev–Trinajstić information content (AvgIpc) is 3.22. The molecule has 0 radical (unpaired) electrons. The molecular weight excluding hydrogens is 416 g/mol. The number of aromatic amines is 1. The smallest absolute Gasteiger partial charge is 0.259 e.